The van der Waals surface area contributed by atoms with Gasteiger partial charge in [-0.2, -0.15) is 0 Å². The quantitative estimate of drug-likeness (QED) is 0.732. The molecule has 19 heavy (non-hydrogen) atoms. The van der Waals surface area contributed by atoms with E-state index in [0.717, 1.165) is 36.3 Å². The van der Waals surface area contributed by atoms with Gasteiger partial charge < -0.3 is 15.2 Å². The van der Waals surface area contributed by atoms with Crippen LogP contribution in [0.4, 0.5) is 0 Å². The van der Waals surface area contributed by atoms with E-state index >= 15 is 0 Å². The monoisotopic (exact) mass is 263 g/mol. The van der Waals surface area contributed by atoms with Gasteiger partial charge in [0.2, 0.25) is 0 Å². The van der Waals surface area contributed by atoms with Gasteiger partial charge in [0.15, 0.2) is 11.5 Å². The van der Waals surface area contributed by atoms with Crippen molar-refractivity contribution in [1.29, 1.82) is 0 Å². The normalized spacial score (nSPS) is 12.0. The Balaban J connectivity index is 2.70. The summed E-state index contributed by atoms with van der Waals surface area (Å²) in [5.74, 6) is 1.54. The molecule has 0 bridgehead atoms. The lowest BCUT2D eigenvalue weighted by atomic mass is 10.0. The van der Waals surface area contributed by atoms with Crippen molar-refractivity contribution in [3.8, 4) is 11.5 Å². The van der Waals surface area contributed by atoms with Crippen LogP contribution in [0.2, 0.25) is 0 Å². The Kier molecular flexibility index (Phi) is 6.43. The van der Waals surface area contributed by atoms with Crippen LogP contribution in [-0.2, 0) is 6.42 Å². The molecule has 0 aliphatic heterocycles. The summed E-state index contributed by atoms with van der Waals surface area (Å²) in [5, 5.41) is 0. The topological polar surface area (TPSA) is 44.5 Å². The Morgan fingerprint density at radius 2 is 2.11 bits per heavy atom. The highest BCUT2D eigenvalue weighted by Gasteiger charge is 2.08. The molecule has 3 nitrogen and oxygen atoms in total. The second-order valence-corrected chi connectivity index (χ2v) is 4.91. The minimum atomic E-state index is 0.194. The van der Waals surface area contributed by atoms with Crippen molar-refractivity contribution in [1.82, 2.24) is 0 Å². The first-order valence-electron chi connectivity index (χ1n) is 6.76. The number of hydrogen-bond acceptors (Lipinski definition) is 3. The van der Waals surface area contributed by atoms with Gasteiger partial charge >= 0.3 is 0 Å². The summed E-state index contributed by atoms with van der Waals surface area (Å²) in [4.78, 5) is 0. The van der Waals surface area contributed by atoms with E-state index in [9.17, 15) is 0 Å². The number of benzene rings is 1. The highest BCUT2D eigenvalue weighted by molar-refractivity contribution is 5.43. The third kappa shape index (κ3) is 5.35. The van der Waals surface area contributed by atoms with E-state index in [2.05, 4.69) is 13.5 Å². The Hall–Kier alpha value is -1.48. The fourth-order valence-corrected chi connectivity index (χ4v) is 1.74. The third-order valence-corrected chi connectivity index (χ3v) is 3.04. The lowest BCUT2D eigenvalue weighted by Gasteiger charge is -2.14. The SMILES string of the molecule is C=C(C)CCOc1ccc(CC(N)CC)cc1OC. The highest BCUT2D eigenvalue weighted by atomic mass is 16.5. The van der Waals surface area contributed by atoms with E-state index in [1.165, 1.54) is 5.56 Å². The number of ether oxygens (including phenoxy) is 2. The second kappa shape index (κ2) is 7.85. The maximum absolute atomic E-state index is 5.97. The molecule has 3 heteroatoms. The zero-order valence-electron chi connectivity index (χ0n) is 12.2. The van der Waals surface area contributed by atoms with E-state index in [1.54, 1.807) is 7.11 Å². The van der Waals surface area contributed by atoms with E-state index in [0.29, 0.717) is 6.61 Å². The van der Waals surface area contributed by atoms with Gasteiger partial charge in [-0.3, -0.25) is 0 Å². The second-order valence-electron chi connectivity index (χ2n) is 4.91. The fraction of sp³-hybridized carbons (Fsp3) is 0.500. The van der Waals surface area contributed by atoms with Crippen LogP contribution in [0, 0.1) is 0 Å². The standard InChI is InChI=1S/C16H25NO2/c1-5-14(17)10-13-6-7-15(16(11-13)18-4)19-9-8-12(2)3/h6-7,11,14H,2,5,8-10,17H2,1,3-4H3. The van der Waals surface area contributed by atoms with Gasteiger partial charge in [-0.15, -0.1) is 6.58 Å². The van der Waals surface area contributed by atoms with Crippen LogP contribution < -0.4 is 15.2 Å². The third-order valence-electron chi connectivity index (χ3n) is 3.04. The van der Waals surface area contributed by atoms with Gasteiger partial charge in [0, 0.05) is 12.5 Å². The molecule has 0 radical (unpaired) electrons. The molecule has 1 aromatic carbocycles. The molecule has 1 unspecified atom stereocenters. The first kappa shape index (κ1) is 15.6. The molecule has 0 amide bonds. The molecule has 106 valence electrons. The summed E-state index contributed by atoms with van der Waals surface area (Å²) < 4.78 is 11.1. The smallest absolute Gasteiger partial charge is 0.161 e. The lowest BCUT2D eigenvalue weighted by molar-refractivity contribution is 0.297. The number of rotatable bonds is 8. The van der Waals surface area contributed by atoms with Crippen LogP contribution in [0.1, 0.15) is 32.3 Å². The Morgan fingerprint density at radius 1 is 1.37 bits per heavy atom. The molecule has 0 saturated carbocycles. The summed E-state index contributed by atoms with van der Waals surface area (Å²) in [5.41, 5.74) is 8.26. The average molecular weight is 263 g/mol. The number of hydrogen-bond donors (Lipinski definition) is 1. The van der Waals surface area contributed by atoms with Gasteiger partial charge in [-0.25, -0.2) is 0 Å². The maximum atomic E-state index is 5.97. The zero-order chi connectivity index (χ0) is 14.3. The molecule has 0 heterocycles. The summed E-state index contributed by atoms with van der Waals surface area (Å²) in [6, 6.07) is 6.20. The molecule has 0 aliphatic carbocycles. The molecule has 1 atom stereocenters. The first-order chi connectivity index (χ1) is 9.06. The summed E-state index contributed by atoms with van der Waals surface area (Å²) >= 11 is 0. The van der Waals surface area contributed by atoms with Crippen molar-refractivity contribution >= 4 is 0 Å². The van der Waals surface area contributed by atoms with Crippen molar-refractivity contribution in [2.75, 3.05) is 13.7 Å². The van der Waals surface area contributed by atoms with Gasteiger partial charge in [0.25, 0.3) is 0 Å². The van der Waals surface area contributed by atoms with Gasteiger partial charge in [0.1, 0.15) is 0 Å². The van der Waals surface area contributed by atoms with Gasteiger partial charge in [-0.1, -0.05) is 18.6 Å². The Bertz CT molecular complexity index is 415. The predicted octanol–water partition coefficient (Wildman–Crippen LogP) is 3.32. The largest absolute Gasteiger partial charge is 0.493 e. The van der Waals surface area contributed by atoms with Crippen molar-refractivity contribution in [2.24, 2.45) is 5.73 Å². The number of methoxy groups -OCH3 is 1. The lowest BCUT2D eigenvalue weighted by Crippen LogP contribution is -2.21. The summed E-state index contributed by atoms with van der Waals surface area (Å²) in [6.07, 6.45) is 2.68. The Morgan fingerprint density at radius 3 is 2.68 bits per heavy atom. The van der Waals surface area contributed by atoms with E-state index < -0.39 is 0 Å². The highest BCUT2D eigenvalue weighted by Crippen LogP contribution is 2.28. The van der Waals surface area contributed by atoms with Crippen molar-refractivity contribution in [3.63, 3.8) is 0 Å². The van der Waals surface area contributed by atoms with Crippen molar-refractivity contribution in [3.05, 3.63) is 35.9 Å². The molecule has 1 aromatic rings. The van der Waals surface area contributed by atoms with Crippen molar-refractivity contribution in [2.45, 2.75) is 39.2 Å². The zero-order valence-corrected chi connectivity index (χ0v) is 12.2. The molecule has 0 fully saturated rings. The van der Waals surface area contributed by atoms with Crippen LogP contribution >= 0.6 is 0 Å². The van der Waals surface area contributed by atoms with Crippen LogP contribution in [0.25, 0.3) is 0 Å². The Labute approximate surface area is 116 Å². The minimum absolute atomic E-state index is 0.194. The van der Waals surface area contributed by atoms with Crippen LogP contribution in [0.5, 0.6) is 11.5 Å². The van der Waals surface area contributed by atoms with Gasteiger partial charge in [-0.05, 0) is 37.5 Å². The fourth-order valence-electron chi connectivity index (χ4n) is 1.74. The van der Waals surface area contributed by atoms with Crippen LogP contribution in [-0.4, -0.2) is 19.8 Å². The molecule has 2 N–H and O–H groups in total. The van der Waals surface area contributed by atoms with Crippen LogP contribution in [0.3, 0.4) is 0 Å². The first-order valence-corrected chi connectivity index (χ1v) is 6.76. The molecule has 1 rings (SSSR count). The minimum Gasteiger partial charge on any atom is -0.493 e. The molecule has 0 saturated heterocycles. The van der Waals surface area contributed by atoms with E-state index in [4.69, 9.17) is 15.2 Å². The molecular formula is C16H25NO2. The maximum Gasteiger partial charge on any atom is 0.161 e. The number of nitrogens with two attached hydrogens (primary N) is 1. The molecular weight excluding hydrogens is 238 g/mol. The molecule has 0 aliphatic rings. The van der Waals surface area contributed by atoms with Gasteiger partial charge in [0.05, 0.1) is 13.7 Å². The molecule has 0 spiro atoms. The van der Waals surface area contributed by atoms with Crippen molar-refractivity contribution < 1.29 is 9.47 Å². The summed E-state index contributed by atoms with van der Waals surface area (Å²) in [7, 11) is 1.66. The predicted molar refractivity (Wildman–Crippen MR) is 79.9 cm³/mol. The molecule has 0 aromatic heterocycles. The summed E-state index contributed by atoms with van der Waals surface area (Å²) in [6.45, 7) is 8.57. The van der Waals surface area contributed by atoms with E-state index in [1.807, 2.05) is 25.1 Å². The average Bonchev–Trinajstić information content (AvgIpc) is 2.39. The van der Waals surface area contributed by atoms with E-state index in [-0.39, 0.29) is 6.04 Å². The van der Waals surface area contributed by atoms with Crippen LogP contribution in [0.15, 0.2) is 30.4 Å².